The van der Waals surface area contributed by atoms with Gasteiger partial charge in [0.25, 0.3) is 0 Å². The van der Waals surface area contributed by atoms with E-state index in [4.69, 9.17) is 4.74 Å². The highest BCUT2D eigenvalue weighted by Gasteiger charge is 2.33. The molecule has 3 N–H and O–H groups in total. The maximum absolute atomic E-state index is 15.3. The number of benzene rings is 1. The summed E-state index contributed by atoms with van der Waals surface area (Å²) in [5.74, 6) is 0.164. The Kier molecular flexibility index (Phi) is 8.18. The SMILES string of the molecule is Cn1nnn(-c2cc(Nc3ncc(C#N)c(NC[C@@H]4CCCN5CCCC[C@H]45)n3)c(F)cc2OCC(C)(C)O)c1=O. The molecule has 2 saturated heterocycles. The van der Waals surface area contributed by atoms with Gasteiger partial charge in [0.05, 0.1) is 17.5 Å². The molecular formula is C27H35FN10O3. The second-order valence-corrected chi connectivity index (χ2v) is 11.3. The summed E-state index contributed by atoms with van der Waals surface area (Å²) < 4.78 is 22.9. The molecule has 2 fully saturated rings. The lowest BCUT2D eigenvalue weighted by molar-refractivity contribution is 0.0283. The van der Waals surface area contributed by atoms with Gasteiger partial charge >= 0.3 is 5.69 Å². The molecule has 0 unspecified atom stereocenters. The van der Waals surface area contributed by atoms with Crippen LogP contribution >= 0.6 is 0 Å². The Morgan fingerprint density at radius 1 is 1.22 bits per heavy atom. The average Bonchev–Trinajstić information content (AvgIpc) is 3.29. The number of anilines is 3. The van der Waals surface area contributed by atoms with Crippen LogP contribution < -0.4 is 21.1 Å². The van der Waals surface area contributed by atoms with Gasteiger partial charge in [0, 0.05) is 25.7 Å². The second kappa shape index (κ2) is 11.8. The van der Waals surface area contributed by atoms with Crippen LogP contribution in [0.3, 0.4) is 0 Å². The number of aliphatic hydroxyl groups is 1. The van der Waals surface area contributed by atoms with Gasteiger partial charge in [-0.05, 0) is 75.0 Å². The Balaban J connectivity index is 1.40. The molecule has 4 heterocycles. The number of rotatable bonds is 9. The van der Waals surface area contributed by atoms with Gasteiger partial charge in [0.15, 0.2) is 5.82 Å². The van der Waals surface area contributed by atoms with Crippen LogP contribution in [0.2, 0.25) is 0 Å². The zero-order valence-electron chi connectivity index (χ0n) is 23.5. The Bertz CT molecular complexity index is 1490. The highest BCUT2D eigenvalue weighted by Crippen LogP contribution is 2.32. The lowest BCUT2D eigenvalue weighted by Gasteiger charge is -2.44. The van der Waals surface area contributed by atoms with E-state index in [9.17, 15) is 15.2 Å². The van der Waals surface area contributed by atoms with Gasteiger partial charge in [-0.1, -0.05) is 6.42 Å². The van der Waals surface area contributed by atoms with Crippen molar-refractivity contribution in [1.82, 2.24) is 34.7 Å². The molecule has 0 spiro atoms. The first-order chi connectivity index (χ1) is 19.6. The number of hydrogen-bond donors (Lipinski definition) is 3. The summed E-state index contributed by atoms with van der Waals surface area (Å²) in [7, 11) is 1.43. The summed E-state index contributed by atoms with van der Waals surface area (Å²) in [6, 6.07) is 5.08. The maximum atomic E-state index is 15.3. The third kappa shape index (κ3) is 6.47. The van der Waals surface area contributed by atoms with Crippen molar-refractivity contribution >= 4 is 17.5 Å². The fourth-order valence-electron chi connectivity index (χ4n) is 5.46. The molecule has 14 heteroatoms. The number of tetrazole rings is 1. The molecule has 218 valence electrons. The van der Waals surface area contributed by atoms with Gasteiger partial charge in [-0.2, -0.15) is 19.6 Å². The monoisotopic (exact) mass is 566 g/mol. The summed E-state index contributed by atoms with van der Waals surface area (Å²) in [4.78, 5) is 23.9. The first kappa shape index (κ1) is 28.4. The molecule has 0 aliphatic carbocycles. The van der Waals surface area contributed by atoms with Crippen molar-refractivity contribution in [2.24, 2.45) is 13.0 Å². The Morgan fingerprint density at radius 3 is 2.76 bits per heavy atom. The summed E-state index contributed by atoms with van der Waals surface area (Å²) in [5.41, 5.74) is -1.43. The number of nitriles is 1. The Morgan fingerprint density at radius 2 is 2.02 bits per heavy atom. The second-order valence-electron chi connectivity index (χ2n) is 11.3. The molecule has 2 aliphatic rings. The molecule has 0 radical (unpaired) electrons. The topological polar surface area (TPSA) is 159 Å². The molecule has 2 aliphatic heterocycles. The highest BCUT2D eigenvalue weighted by molar-refractivity contribution is 5.64. The van der Waals surface area contributed by atoms with Gasteiger partial charge in [-0.25, -0.2) is 14.2 Å². The predicted molar refractivity (Wildman–Crippen MR) is 149 cm³/mol. The van der Waals surface area contributed by atoms with Crippen LogP contribution in [0.4, 0.5) is 21.8 Å². The Labute approximate surface area is 236 Å². The predicted octanol–water partition coefficient (Wildman–Crippen LogP) is 2.34. The van der Waals surface area contributed by atoms with Crippen molar-refractivity contribution in [2.75, 3.05) is 36.9 Å². The number of nitrogens with zero attached hydrogens (tertiary/aromatic N) is 8. The first-order valence-corrected chi connectivity index (χ1v) is 13.8. The zero-order chi connectivity index (χ0) is 29.1. The van der Waals surface area contributed by atoms with Crippen LogP contribution in [0.1, 0.15) is 51.5 Å². The maximum Gasteiger partial charge on any atom is 0.368 e. The van der Waals surface area contributed by atoms with Crippen molar-refractivity contribution in [1.29, 1.82) is 5.26 Å². The molecule has 13 nitrogen and oxygen atoms in total. The van der Waals surface area contributed by atoms with E-state index in [0.29, 0.717) is 24.3 Å². The van der Waals surface area contributed by atoms with E-state index < -0.39 is 17.1 Å². The van der Waals surface area contributed by atoms with Crippen LogP contribution in [0.15, 0.2) is 23.1 Å². The normalized spacial score (nSPS) is 19.3. The minimum atomic E-state index is -1.20. The standard InChI is InChI=1S/C27H35FN10O3/c1-27(2,40)16-41-23-11-19(28)20(12-22(23)38-26(39)36(3)34-35-38)32-25-31-15-18(13-29)24(33-25)30-14-17-7-6-10-37-9-5-4-8-21(17)37/h11-12,15,17,21,40H,4-10,14,16H2,1-3H3,(H2,30,31,32,33)/t17-,21+/m0/s1. The fraction of sp³-hybridized carbons (Fsp3) is 0.556. The zero-order valence-corrected chi connectivity index (χ0v) is 23.5. The lowest BCUT2D eigenvalue weighted by Crippen LogP contribution is -2.49. The summed E-state index contributed by atoms with van der Waals surface area (Å²) in [5, 5.41) is 33.5. The Hall–Kier alpha value is -4.09. The van der Waals surface area contributed by atoms with Crippen molar-refractivity contribution in [3.63, 3.8) is 0 Å². The molecule has 2 atom stereocenters. The van der Waals surface area contributed by atoms with Gasteiger partial charge in [0.2, 0.25) is 5.95 Å². The number of aromatic nitrogens is 6. The quantitative estimate of drug-likeness (QED) is 0.349. The molecule has 5 rings (SSSR count). The molecule has 0 bridgehead atoms. The molecule has 3 aromatic rings. The summed E-state index contributed by atoms with van der Waals surface area (Å²) in [6.07, 6.45) is 7.31. The average molecular weight is 567 g/mol. The van der Waals surface area contributed by atoms with Gasteiger partial charge < -0.3 is 25.4 Å². The fourth-order valence-corrected chi connectivity index (χ4v) is 5.46. The summed E-state index contributed by atoms with van der Waals surface area (Å²) in [6.45, 7) is 5.88. The van der Waals surface area contributed by atoms with Gasteiger partial charge in [0.1, 0.15) is 35.5 Å². The van der Waals surface area contributed by atoms with Crippen molar-refractivity contribution in [3.8, 4) is 17.5 Å². The van der Waals surface area contributed by atoms with E-state index in [1.165, 1.54) is 38.6 Å². The number of aryl methyl sites for hydroxylation is 1. The smallest absolute Gasteiger partial charge is 0.368 e. The van der Waals surface area contributed by atoms with Gasteiger partial charge in [-0.15, -0.1) is 0 Å². The highest BCUT2D eigenvalue weighted by atomic mass is 19.1. The number of hydrogen-bond acceptors (Lipinski definition) is 11. The third-order valence-electron chi connectivity index (χ3n) is 7.50. The lowest BCUT2D eigenvalue weighted by atomic mass is 9.83. The van der Waals surface area contributed by atoms with E-state index in [1.807, 2.05) is 0 Å². The third-order valence-corrected chi connectivity index (χ3v) is 7.50. The molecule has 2 aromatic heterocycles. The minimum absolute atomic E-state index is 0.00915. The van der Waals surface area contributed by atoms with Crippen LogP contribution in [-0.2, 0) is 7.05 Å². The number of fused-ring (bicyclic) bond motifs is 1. The van der Waals surface area contributed by atoms with E-state index >= 15 is 4.39 Å². The number of nitrogens with one attached hydrogen (secondary N) is 2. The minimum Gasteiger partial charge on any atom is -0.488 e. The van der Waals surface area contributed by atoms with Crippen molar-refractivity contribution in [2.45, 2.75) is 57.6 Å². The van der Waals surface area contributed by atoms with Gasteiger partial charge in [-0.3, -0.25) is 0 Å². The van der Waals surface area contributed by atoms with E-state index in [0.717, 1.165) is 41.4 Å². The van der Waals surface area contributed by atoms with Crippen LogP contribution in [0.5, 0.6) is 5.75 Å². The van der Waals surface area contributed by atoms with E-state index in [2.05, 4.69) is 42.0 Å². The molecular weight excluding hydrogens is 531 g/mol. The van der Waals surface area contributed by atoms with E-state index in [1.54, 1.807) is 13.8 Å². The van der Waals surface area contributed by atoms with Crippen molar-refractivity contribution < 1.29 is 14.2 Å². The van der Waals surface area contributed by atoms with Crippen LogP contribution in [0, 0.1) is 23.1 Å². The number of ether oxygens (including phenoxy) is 1. The van der Waals surface area contributed by atoms with Crippen LogP contribution in [0.25, 0.3) is 5.69 Å². The molecule has 1 aromatic carbocycles. The molecule has 0 amide bonds. The molecule has 41 heavy (non-hydrogen) atoms. The van der Waals surface area contributed by atoms with E-state index in [-0.39, 0.29) is 35.2 Å². The molecule has 0 saturated carbocycles. The number of piperidine rings is 2. The number of halogens is 1. The summed E-state index contributed by atoms with van der Waals surface area (Å²) >= 11 is 0. The van der Waals surface area contributed by atoms with Crippen molar-refractivity contribution in [3.05, 3.63) is 40.2 Å². The largest absolute Gasteiger partial charge is 0.488 e. The van der Waals surface area contributed by atoms with Crippen LogP contribution in [-0.4, -0.2) is 77.6 Å². The first-order valence-electron chi connectivity index (χ1n) is 13.8.